The number of ketones is 2. The molecule has 0 heterocycles. The minimum atomic E-state index is -0.440. The fourth-order valence-electron chi connectivity index (χ4n) is 2.34. The molecular formula is C15H10O5. The molecular weight excluding hydrogens is 260 g/mol. The highest BCUT2D eigenvalue weighted by atomic mass is 16.3. The van der Waals surface area contributed by atoms with Crippen molar-refractivity contribution >= 4 is 11.6 Å². The van der Waals surface area contributed by atoms with Crippen molar-refractivity contribution in [2.24, 2.45) is 0 Å². The van der Waals surface area contributed by atoms with Gasteiger partial charge in [0.05, 0.1) is 6.61 Å². The quantitative estimate of drug-likeness (QED) is 0.620. The summed E-state index contributed by atoms with van der Waals surface area (Å²) in [4.78, 5) is 24.7. The van der Waals surface area contributed by atoms with E-state index in [0.29, 0.717) is 0 Å². The number of aliphatic hydroxyl groups is 1. The molecule has 0 aliphatic heterocycles. The molecule has 0 saturated heterocycles. The highest BCUT2D eigenvalue weighted by Gasteiger charge is 2.31. The average Bonchev–Trinajstić information content (AvgIpc) is 2.44. The predicted molar refractivity (Wildman–Crippen MR) is 69.0 cm³/mol. The third-order valence-corrected chi connectivity index (χ3v) is 3.37. The van der Waals surface area contributed by atoms with E-state index in [0.717, 1.165) is 0 Å². The Morgan fingerprint density at radius 1 is 0.800 bits per heavy atom. The summed E-state index contributed by atoms with van der Waals surface area (Å²) in [5.74, 6) is -1.16. The molecule has 5 heteroatoms. The van der Waals surface area contributed by atoms with E-state index in [1.165, 1.54) is 30.3 Å². The predicted octanol–water partition coefficient (Wildman–Crippen LogP) is 1.37. The first-order valence-corrected chi connectivity index (χ1v) is 5.92. The molecule has 0 aromatic heterocycles. The van der Waals surface area contributed by atoms with Gasteiger partial charge in [-0.2, -0.15) is 0 Å². The number of hydrogen-bond acceptors (Lipinski definition) is 5. The molecule has 0 fully saturated rings. The number of hydrogen-bond donors (Lipinski definition) is 3. The van der Waals surface area contributed by atoms with Crippen molar-refractivity contribution < 1.29 is 24.9 Å². The Morgan fingerprint density at radius 2 is 1.40 bits per heavy atom. The maximum Gasteiger partial charge on any atom is 0.194 e. The van der Waals surface area contributed by atoms with Gasteiger partial charge in [0.25, 0.3) is 0 Å². The van der Waals surface area contributed by atoms with Gasteiger partial charge in [-0.15, -0.1) is 0 Å². The van der Waals surface area contributed by atoms with Crippen molar-refractivity contribution in [1.29, 1.82) is 0 Å². The monoisotopic (exact) mass is 270 g/mol. The van der Waals surface area contributed by atoms with Gasteiger partial charge in [-0.25, -0.2) is 0 Å². The lowest BCUT2D eigenvalue weighted by Gasteiger charge is -2.18. The maximum atomic E-state index is 12.3. The van der Waals surface area contributed by atoms with Crippen LogP contribution in [0.2, 0.25) is 0 Å². The Kier molecular flexibility index (Phi) is 2.59. The smallest absolute Gasteiger partial charge is 0.194 e. The van der Waals surface area contributed by atoms with Crippen LogP contribution in [0.1, 0.15) is 37.4 Å². The van der Waals surface area contributed by atoms with Crippen molar-refractivity contribution in [3.8, 4) is 11.5 Å². The van der Waals surface area contributed by atoms with E-state index >= 15 is 0 Å². The summed E-state index contributed by atoms with van der Waals surface area (Å²) >= 11 is 0. The Balaban J connectivity index is 2.29. The lowest BCUT2D eigenvalue weighted by molar-refractivity contribution is 0.0978. The fourth-order valence-corrected chi connectivity index (χ4v) is 2.34. The zero-order chi connectivity index (χ0) is 14.4. The minimum absolute atomic E-state index is 0.0720. The van der Waals surface area contributed by atoms with Gasteiger partial charge in [-0.3, -0.25) is 9.59 Å². The van der Waals surface area contributed by atoms with Crippen molar-refractivity contribution in [3.05, 3.63) is 58.1 Å². The van der Waals surface area contributed by atoms with Crippen molar-refractivity contribution in [3.63, 3.8) is 0 Å². The number of phenolic OH excluding ortho intramolecular Hbond substituents is 1. The van der Waals surface area contributed by atoms with E-state index in [4.69, 9.17) is 5.11 Å². The topological polar surface area (TPSA) is 94.8 Å². The summed E-state index contributed by atoms with van der Waals surface area (Å²) in [6.07, 6.45) is 0. The van der Waals surface area contributed by atoms with Gasteiger partial charge in [0.1, 0.15) is 11.5 Å². The third-order valence-electron chi connectivity index (χ3n) is 3.37. The second-order valence-corrected chi connectivity index (χ2v) is 4.57. The van der Waals surface area contributed by atoms with Gasteiger partial charge in [0.15, 0.2) is 11.6 Å². The number of phenols is 2. The van der Waals surface area contributed by atoms with Gasteiger partial charge in [-0.05, 0) is 30.3 Å². The first kappa shape index (κ1) is 12.4. The van der Waals surface area contributed by atoms with Crippen LogP contribution >= 0.6 is 0 Å². The van der Waals surface area contributed by atoms with E-state index in [2.05, 4.69) is 0 Å². The largest absolute Gasteiger partial charge is 0.508 e. The summed E-state index contributed by atoms with van der Waals surface area (Å²) in [5.41, 5.74) is 0.721. The normalized spacial score (nSPS) is 13.1. The van der Waals surface area contributed by atoms with Crippen LogP contribution in [-0.2, 0) is 6.61 Å². The number of aliphatic hydroxyl groups excluding tert-OH is 1. The molecule has 0 unspecified atom stereocenters. The molecule has 100 valence electrons. The highest BCUT2D eigenvalue weighted by molar-refractivity contribution is 6.28. The first-order chi connectivity index (χ1) is 9.52. The molecule has 0 spiro atoms. The lowest BCUT2D eigenvalue weighted by Crippen LogP contribution is -2.21. The number of benzene rings is 2. The molecule has 0 amide bonds. The van der Waals surface area contributed by atoms with Crippen LogP contribution in [-0.4, -0.2) is 26.9 Å². The summed E-state index contributed by atoms with van der Waals surface area (Å²) in [6, 6.07) is 6.45. The number of aromatic hydroxyl groups is 2. The standard InChI is InChI=1S/C15H10O5/c16-6-7-3-10-12(5-13(7)18)15(20)11-4-8(17)1-2-9(11)14(10)19/h1-5,16-18H,6H2. The van der Waals surface area contributed by atoms with Crippen molar-refractivity contribution in [1.82, 2.24) is 0 Å². The molecule has 1 aliphatic rings. The molecule has 0 bridgehead atoms. The zero-order valence-corrected chi connectivity index (χ0v) is 10.3. The van der Waals surface area contributed by atoms with Crippen LogP contribution in [0.5, 0.6) is 11.5 Å². The number of fused-ring (bicyclic) bond motifs is 2. The first-order valence-electron chi connectivity index (χ1n) is 5.92. The molecule has 0 saturated carbocycles. The van der Waals surface area contributed by atoms with Gasteiger partial charge in [-0.1, -0.05) is 0 Å². The number of rotatable bonds is 1. The van der Waals surface area contributed by atoms with Crippen LogP contribution in [0.3, 0.4) is 0 Å². The zero-order valence-electron chi connectivity index (χ0n) is 10.3. The average molecular weight is 270 g/mol. The Hall–Kier alpha value is -2.66. The second-order valence-electron chi connectivity index (χ2n) is 4.57. The van der Waals surface area contributed by atoms with E-state index in [9.17, 15) is 19.8 Å². The van der Waals surface area contributed by atoms with E-state index in [1.54, 1.807) is 0 Å². The van der Waals surface area contributed by atoms with Crippen LogP contribution in [0.15, 0.2) is 30.3 Å². The molecule has 5 nitrogen and oxygen atoms in total. The highest BCUT2D eigenvalue weighted by Crippen LogP contribution is 2.33. The molecule has 1 aliphatic carbocycles. The van der Waals surface area contributed by atoms with Crippen molar-refractivity contribution in [2.75, 3.05) is 0 Å². The van der Waals surface area contributed by atoms with Crippen LogP contribution < -0.4 is 0 Å². The van der Waals surface area contributed by atoms with E-state index < -0.39 is 12.4 Å². The van der Waals surface area contributed by atoms with E-state index in [1.807, 2.05) is 0 Å². The Morgan fingerprint density at radius 3 is 2.10 bits per heavy atom. The summed E-state index contributed by atoms with van der Waals surface area (Å²) in [6.45, 7) is -0.428. The molecule has 2 aromatic carbocycles. The van der Waals surface area contributed by atoms with Crippen LogP contribution in [0.25, 0.3) is 0 Å². The van der Waals surface area contributed by atoms with Gasteiger partial charge in [0, 0.05) is 27.8 Å². The molecule has 0 atom stereocenters. The van der Waals surface area contributed by atoms with Crippen LogP contribution in [0.4, 0.5) is 0 Å². The lowest BCUT2D eigenvalue weighted by atomic mass is 9.83. The summed E-state index contributed by atoms with van der Waals surface area (Å²) in [5, 5.41) is 28.2. The Bertz CT molecular complexity index is 761. The molecule has 2 aromatic rings. The Labute approximate surface area is 113 Å². The fraction of sp³-hybridized carbons (Fsp3) is 0.0667. The third kappa shape index (κ3) is 1.60. The maximum absolute atomic E-state index is 12.3. The number of carbonyl (C=O) groups excluding carboxylic acids is 2. The summed E-state index contributed by atoms with van der Waals surface area (Å²) in [7, 11) is 0. The minimum Gasteiger partial charge on any atom is -0.508 e. The van der Waals surface area contributed by atoms with Crippen LogP contribution in [0, 0.1) is 0 Å². The molecule has 20 heavy (non-hydrogen) atoms. The van der Waals surface area contributed by atoms with Gasteiger partial charge < -0.3 is 15.3 Å². The SMILES string of the molecule is O=C1c2cc(O)ccc2C(=O)c2cc(CO)c(O)cc21. The van der Waals surface area contributed by atoms with Crippen molar-refractivity contribution in [2.45, 2.75) is 6.61 Å². The number of carbonyl (C=O) groups is 2. The molecule has 3 rings (SSSR count). The van der Waals surface area contributed by atoms with Gasteiger partial charge >= 0.3 is 0 Å². The molecule has 3 N–H and O–H groups in total. The molecule has 0 radical (unpaired) electrons. The van der Waals surface area contributed by atoms with E-state index in [-0.39, 0.29) is 45.1 Å². The second kappa shape index (κ2) is 4.18. The van der Waals surface area contributed by atoms with Gasteiger partial charge in [0.2, 0.25) is 0 Å². The summed E-state index contributed by atoms with van der Waals surface area (Å²) < 4.78 is 0.